The first-order valence-electron chi connectivity index (χ1n) is 14.7. The highest BCUT2D eigenvalue weighted by Gasteiger charge is 2.26. The molecule has 2 aliphatic heterocycles. The Morgan fingerprint density at radius 2 is 1.53 bits per heavy atom. The minimum Gasteiger partial charge on any atom is -0.444 e. The number of ether oxygens (including phenoxy) is 1. The van der Waals surface area contributed by atoms with E-state index in [2.05, 4.69) is 61.1 Å². The van der Waals surface area contributed by atoms with Crippen molar-refractivity contribution in [3.8, 4) is 11.4 Å². The molecule has 0 spiro atoms. The Balaban J connectivity index is 1.11. The van der Waals surface area contributed by atoms with Crippen molar-refractivity contribution in [1.82, 2.24) is 24.8 Å². The summed E-state index contributed by atoms with van der Waals surface area (Å²) in [6.07, 6.45) is 1.45. The average Bonchev–Trinajstić information content (AvgIpc) is 3.43. The fourth-order valence-corrected chi connectivity index (χ4v) is 6.04. The van der Waals surface area contributed by atoms with Gasteiger partial charge in [-0.2, -0.15) is 0 Å². The van der Waals surface area contributed by atoms with Gasteiger partial charge in [0.15, 0.2) is 5.65 Å². The molecule has 2 aromatic heterocycles. The largest absolute Gasteiger partial charge is 0.444 e. The number of hydrogen-bond acceptors (Lipinski definition) is 7. The van der Waals surface area contributed by atoms with E-state index in [1.54, 1.807) is 11.1 Å². The van der Waals surface area contributed by atoms with E-state index in [1.165, 1.54) is 5.56 Å². The third kappa shape index (κ3) is 6.84. The average molecular weight is 623 g/mol. The second-order valence-electron chi connectivity index (χ2n) is 12.1. The second kappa shape index (κ2) is 12.2. The Hall–Kier alpha value is -3.53. The molecule has 43 heavy (non-hydrogen) atoms. The fraction of sp³-hybridized carbons (Fsp3) is 0.406. The van der Waals surface area contributed by atoms with Crippen molar-refractivity contribution in [2.45, 2.75) is 32.9 Å². The van der Waals surface area contributed by atoms with Gasteiger partial charge in [-0.05, 0) is 62.7 Å². The summed E-state index contributed by atoms with van der Waals surface area (Å²) in [5.74, 6) is 0.758. The Bertz CT molecular complexity index is 1570. The van der Waals surface area contributed by atoms with Crippen LogP contribution in [0.5, 0.6) is 0 Å². The number of aromatic nitrogens is 3. The smallest absolute Gasteiger partial charge is 0.410 e. The number of rotatable bonds is 5. The third-order valence-corrected chi connectivity index (χ3v) is 8.42. The number of benzene rings is 2. The molecule has 0 atom stereocenters. The highest BCUT2D eigenvalue weighted by molar-refractivity contribution is 6.34. The summed E-state index contributed by atoms with van der Waals surface area (Å²) in [5.41, 5.74) is 5.32. The molecule has 9 nitrogen and oxygen atoms in total. The van der Waals surface area contributed by atoms with Gasteiger partial charge in [0.2, 0.25) is 0 Å². The minimum absolute atomic E-state index is 0.250. The van der Waals surface area contributed by atoms with Crippen LogP contribution in [-0.2, 0) is 11.3 Å². The number of hydrogen-bond donors (Lipinski definition) is 1. The van der Waals surface area contributed by atoms with Crippen LogP contribution in [0.2, 0.25) is 10.0 Å². The number of imidazole rings is 1. The van der Waals surface area contributed by atoms with Gasteiger partial charge in [-0.25, -0.2) is 14.8 Å². The van der Waals surface area contributed by atoms with Crippen LogP contribution < -0.4 is 9.80 Å². The van der Waals surface area contributed by atoms with E-state index in [9.17, 15) is 4.79 Å². The predicted molar refractivity (Wildman–Crippen MR) is 173 cm³/mol. The van der Waals surface area contributed by atoms with Crippen LogP contribution in [-0.4, -0.2) is 88.8 Å². The molecule has 2 fully saturated rings. The monoisotopic (exact) mass is 621 g/mol. The van der Waals surface area contributed by atoms with E-state index in [0.29, 0.717) is 23.8 Å². The lowest BCUT2D eigenvalue weighted by atomic mass is 10.1. The number of nitrogens with zero attached hydrogens (tertiary/aromatic N) is 6. The number of fused-ring (bicyclic) bond motifs is 1. The number of H-pyrrole nitrogens is 1. The predicted octanol–water partition coefficient (Wildman–Crippen LogP) is 6.31. The highest BCUT2D eigenvalue weighted by atomic mass is 35.5. The SMILES string of the molecule is CC(C)(C)OC(=O)N1CCN(c2ccc(-c3nc4ncc(Cl)c(N5CCN(Cc6ccc(Cl)cc6)CC5)c4[nH]3)cc2)CC1. The van der Waals surface area contributed by atoms with E-state index in [4.69, 9.17) is 32.9 Å². The van der Waals surface area contributed by atoms with Crippen molar-refractivity contribution in [2.75, 3.05) is 62.2 Å². The van der Waals surface area contributed by atoms with Crippen LogP contribution in [0.25, 0.3) is 22.6 Å². The Labute approximate surface area is 262 Å². The van der Waals surface area contributed by atoms with Gasteiger partial charge in [0.1, 0.15) is 16.9 Å². The molecule has 2 saturated heterocycles. The number of pyridine rings is 1. The van der Waals surface area contributed by atoms with Gasteiger partial charge in [0.05, 0.1) is 16.9 Å². The standard InChI is InChI=1S/C32H37Cl2N7O2/c1-32(2,3)43-31(42)41-18-16-39(17-19-41)25-10-6-23(7-11-25)29-36-27-28(26(34)20-35-30(27)37-29)40-14-12-38(13-15-40)21-22-4-8-24(33)9-5-22/h4-11,20H,12-19,21H2,1-3H3,(H,35,36,37). The van der Waals surface area contributed by atoms with Crippen LogP contribution in [0.15, 0.2) is 54.7 Å². The van der Waals surface area contributed by atoms with Crippen molar-refractivity contribution in [3.05, 3.63) is 70.3 Å². The first-order chi connectivity index (χ1) is 20.6. The topological polar surface area (TPSA) is 80.8 Å². The van der Waals surface area contributed by atoms with Crippen molar-refractivity contribution in [1.29, 1.82) is 0 Å². The van der Waals surface area contributed by atoms with Crippen molar-refractivity contribution >= 4 is 51.8 Å². The van der Waals surface area contributed by atoms with Crippen LogP contribution in [0.4, 0.5) is 16.2 Å². The molecule has 2 aromatic carbocycles. The van der Waals surface area contributed by atoms with Gasteiger partial charge in [0.25, 0.3) is 0 Å². The van der Waals surface area contributed by atoms with E-state index in [1.807, 2.05) is 32.9 Å². The van der Waals surface area contributed by atoms with E-state index in [0.717, 1.165) is 79.1 Å². The van der Waals surface area contributed by atoms with Gasteiger partial charge in [0, 0.05) is 75.2 Å². The van der Waals surface area contributed by atoms with Crippen molar-refractivity contribution in [3.63, 3.8) is 0 Å². The van der Waals surface area contributed by atoms with Crippen LogP contribution in [0.1, 0.15) is 26.3 Å². The molecule has 0 unspecified atom stereocenters. The summed E-state index contributed by atoms with van der Waals surface area (Å²) in [6.45, 7) is 12.9. The molecular formula is C32H37Cl2N7O2. The molecule has 1 amide bonds. The molecule has 226 valence electrons. The molecule has 11 heteroatoms. The number of halogens is 2. The van der Waals surface area contributed by atoms with Gasteiger partial charge in [-0.3, -0.25) is 4.90 Å². The van der Waals surface area contributed by atoms with E-state index < -0.39 is 5.60 Å². The Morgan fingerprint density at radius 1 is 0.884 bits per heavy atom. The van der Waals surface area contributed by atoms with Crippen LogP contribution in [0, 0.1) is 0 Å². The lowest BCUT2D eigenvalue weighted by Gasteiger charge is -2.36. The number of carbonyl (C=O) groups excluding carboxylic acids is 1. The number of piperazine rings is 2. The second-order valence-corrected chi connectivity index (χ2v) is 13.0. The van der Waals surface area contributed by atoms with E-state index in [-0.39, 0.29) is 6.09 Å². The number of carbonyl (C=O) groups is 1. The van der Waals surface area contributed by atoms with Gasteiger partial charge >= 0.3 is 6.09 Å². The quantitative estimate of drug-likeness (QED) is 0.280. The molecule has 0 saturated carbocycles. The van der Waals surface area contributed by atoms with Crippen LogP contribution >= 0.6 is 23.2 Å². The van der Waals surface area contributed by atoms with E-state index >= 15 is 0 Å². The number of anilines is 2. The van der Waals surface area contributed by atoms with Crippen LogP contribution in [0.3, 0.4) is 0 Å². The maximum absolute atomic E-state index is 12.4. The molecule has 0 aliphatic carbocycles. The lowest BCUT2D eigenvalue weighted by Crippen LogP contribution is -2.50. The summed E-state index contributed by atoms with van der Waals surface area (Å²) in [7, 11) is 0. The Morgan fingerprint density at radius 3 is 2.19 bits per heavy atom. The first-order valence-corrected chi connectivity index (χ1v) is 15.5. The normalized spacial score (nSPS) is 16.6. The highest BCUT2D eigenvalue weighted by Crippen LogP contribution is 2.34. The maximum atomic E-state index is 12.4. The molecule has 4 heterocycles. The maximum Gasteiger partial charge on any atom is 0.410 e. The number of amides is 1. The number of nitrogens with one attached hydrogen (secondary N) is 1. The van der Waals surface area contributed by atoms with Crippen molar-refractivity contribution < 1.29 is 9.53 Å². The van der Waals surface area contributed by atoms with Crippen molar-refractivity contribution in [2.24, 2.45) is 0 Å². The summed E-state index contributed by atoms with van der Waals surface area (Å²) in [5, 5.41) is 1.38. The summed E-state index contributed by atoms with van der Waals surface area (Å²) in [6, 6.07) is 16.4. The first kappa shape index (κ1) is 29.5. The number of aromatic amines is 1. The summed E-state index contributed by atoms with van der Waals surface area (Å²) >= 11 is 12.8. The van der Waals surface area contributed by atoms with Gasteiger partial charge in [-0.1, -0.05) is 35.3 Å². The van der Waals surface area contributed by atoms with Gasteiger partial charge in [-0.15, -0.1) is 0 Å². The fourth-order valence-electron chi connectivity index (χ4n) is 5.65. The zero-order chi connectivity index (χ0) is 30.1. The summed E-state index contributed by atoms with van der Waals surface area (Å²) in [4.78, 5) is 34.1. The molecule has 4 aromatic rings. The molecule has 1 N–H and O–H groups in total. The Kier molecular flexibility index (Phi) is 8.40. The molecule has 6 rings (SSSR count). The third-order valence-electron chi connectivity index (χ3n) is 7.89. The van der Waals surface area contributed by atoms with Gasteiger partial charge < -0.3 is 24.4 Å². The lowest BCUT2D eigenvalue weighted by molar-refractivity contribution is 0.0240. The molecular weight excluding hydrogens is 585 g/mol. The molecule has 0 radical (unpaired) electrons. The zero-order valence-corrected chi connectivity index (χ0v) is 26.3. The minimum atomic E-state index is -0.490. The molecule has 0 bridgehead atoms. The summed E-state index contributed by atoms with van der Waals surface area (Å²) < 4.78 is 5.53. The zero-order valence-electron chi connectivity index (χ0n) is 24.8. The molecule has 2 aliphatic rings.